The zero-order chi connectivity index (χ0) is 18.2. The van der Waals surface area contributed by atoms with Gasteiger partial charge in [0.2, 0.25) is 0 Å². The van der Waals surface area contributed by atoms with E-state index in [9.17, 15) is 34.8 Å². The van der Waals surface area contributed by atoms with Gasteiger partial charge in [0, 0.05) is 5.69 Å². The molecule has 0 atom stereocenters. The number of benzene rings is 2. The van der Waals surface area contributed by atoms with Gasteiger partial charge < -0.3 is 0 Å². The Labute approximate surface area is 133 Å². The molecule has 2 rings (SSSR count). The molecule has 0 saturated heterocycles. The molecule has 0 fully saturated rings. The summed E-state index contributed by atoms with van der Waals surface area (Å²) in [4.78, 5) is -0.507. The molecule has 130 valence electrons. The molecule has 0 aromatic heterocycles. The van der Waals surface area contributed by atoms with E-state index in [1.54, 1.807) is 0 Å². The summed E-state index contributed by atoms with van der Waals surface area (Å²) in [6.07, 6.45) is -9.29. The van der Waals surface area contributed by atoms with Crippen LogP contribution in [0.5, 0.6) is 0 Å². The second-order valence-electron chi connectivity index (χ2n) is 4.71. The highest BCUT2D eigenvalue weighted by atomic mass is 32.2. The van der Waals surface area contributed by atoms with Crippen LogP contribution >= 0.6 is 0 Å². The molecule has 0 aliphatic rings. The average molecular weight is 369 g/mol. The van der Waals surface area contributed by atoms with E-state index in [1.807, 2.05) is 4.72 Å². The molecular weight excluding hydrogens is 360 g/mol. The predicted octanol–water partition coefficient (Wildman–Crippen LogP) is 4.53. The van der Waals surface area contributed by atoms with Crippen LogP contribution in [0.2, 0.25) is 0 Å². The van der Waals surface area contributed by atoms with Crippen molar-refractivity contribution >= 4 is 15.7 Å². The largest absolute Gasteiger partial charge is 0.416 e. The van der Waals surface area contributed by atoms with Crippen molar-refractivity contribution in [1.82, 2.24) is 0 Å². The van der Waals surface area contributed by atoms with Gasteiger partial charge in [-0.3, -0.25) is 4.72 Å². The Morgan fingerprint density at radius 1 is 0.750 bits per heavy atom. The van der Waals surface area contributed by atoms with Gasteiger partial charge in [0.25, 0.3) is 10.0 Å². The molecule has 3 nitrogen and oxygen atoms in total. The van der Waals surface area contributed by atoms with Crippen LogP contribution in [0, 0.1) is 0 Å². The minimum absolute atomic E-state index is 0.357. The van der Waals surface area contributed by atoms with E-state index in [1.165, 1.54) is 0 Å². The first-order valence-electron chi connectivity index (χ1n) is 6.27. The predicted molar refractivity (Wildman–Crippen MR) is 73.7 cm³/mol. The van der Waals surface area contributed by atoms with Gasteiger partial charge >= 0.3 is 12.4 Å². The van der Waals surface area contributed by atoms with E-state index >= 15 is 0 Å². The van der Waals surface area contributed by atoms with Crippen molar-refractivity contribution in [3.05, 3.63) is 59.7 Å². The Kier molecular flexibility index (Phi) is 4.53. The molecule has 2 aromatic carbocycles. The maximum absolute atomic E-state index is 12.6. The lowest BCUT2D eigenvalue weighted by molar-refractivity contribution is -0.138. The van der Waals surface area contributed by atoms with Crippen molar-refractivity contribution < 1.29 is 34.8 Å². The fraction of sp³-hybridized carbons (Fsp3) is 0.143. The lowest BCUT2D eigenvalue weighted by Gasteiger charge is -2.12. The summed E-state index contributed by atoms with van der Waals surface area (Å²) in [7, 11) is -4.32. The Morgan fingerprint density at radius 3 is 1.79 bits per heavy atom. The van der Waals surface area contributed by atoms with Gasteiger partial charge in [-0.1, -0.05) is 6.07 Å². The first-order valence-corrected chi connectivity index (χ1v) is 7.75. The van der Waals surface area contributed by atoms with Crippen molar-refractivity contribution in [3.8, 4) is 0 Å². The minimum atomic E-state index is -4.66. The molecule has 2 aromatic rings. The summed E-state index contributed by atoms with van der Waals surface area (Å²) < 4.78 is 101. The number of hydrogen-bond donors (Lipinski definition) is 1. The fourth-order valence-electron chi connectivity index (χ4n) is 1.80. The standard InChI is InChI=1S/C14H9F6NO2S/c15-13(16,17)9-4-6-12(7-5-9)24(22,23)21-11-3-1-2-10(8-11)14(18,19)20/h1-8,21H. The average Bonchev–Trinajstić information content (AvgIpc) is 2.45. The SMILES string of the molecule is O=S(=O)(Nc1cccc(C(F)(F)F)c1)c1ccc(C(F)(F)F)cc1. The van der Waals surface area contributed by atoms with E-state index in [0.717, 1.165) is 30.3 Å². The van der Waals surface area contributed by atoms with Crippen molar-refractivity contribution in [2.75, 3.05) is 4.72 Å². The molecule has 0 saturated carbocycles. The van der Waals surface area contributed by atoms with Crippen LogP contribution in [0.25, 0.3) is 0 Å². The topological polar surface area (TPSA) is 46.2 Å². The number of alkyl halides is 6. The zero-order valence-corrected chi connectivity index (χ0v) is 12.4. The van der Waals surface area contributed by atoms with Crippen LogP contribution in [0.1, 0.15) is 11.1 Å². The summed E-state index contributed by atoms with van der Waals surface area (Å²) in [5.74, 6) is 0. The molecule has 0 bridgehead atoms. The molecule has 0 amide bonds. The summed E-state index contributed by atoms with van der Waals surface area (Å²) in [6, 6.07) is 6.03. The molecule has 0 spiro atoms. The van der Waals surface area contributed by atoms with E-state index in [2.05, 4.69) is 0 Å². The summed E-state index contributed by atoms with van der Waals surface area (Å²) in [6.45, 7) is 0. The Morgan fingerprint density at radius 2 is 1.29 bits per heavy atom. The molecule has 24 heavy (non-hydrogen) atoms. The van der Waals surface area contributed by atoms with Gasteiger partial charge in [-0.2, -0.15) is 26.3 Å². The van der Waals surface area contributed by atoms with E-state index in [4.69, 9.17) is 0 Å². The van der Waals surface area contributed by atoms with Crippen LogP contribution in [0.3, 0.4) is 0 Å². The monoisotopic (exact) mass is 369 g/mol. The third-order valence-corrected chi connectivity index (χ3v) is 4.33. The maximum atomic E-state index is 12.6. The summed E-state index contributed by atoms with van der Waals surface area (Å²) in [5.41, 5.74) is -2.46. The van der Waals surface area contributed by atoms with Crippen molar-refractivity contribution in [1.29, 1.82) is 0 Å². The van der Waals surface area contributed by atoms with Crippen molar-refractivity contribution in [2.45, 2.75) is 17.2 Å². The summed E-state index contributed by atoms with van der Waals surface area (Å²) in [5, 5.41) is 0. The van der Waals surface area contributed by atoms with Crippen LogP contribution in [0.4, 0.5) is 32.0 Å². The van der Waals surface area contributed by atoms with Gasteiger partial charge in [0.1, 0.15) is 0 Å². The zero-order valence-electron chi connectivity index (χ0n) is 11.6. The maximum Gasteiger partial charge on any atom is 0.416 e. The first-order chi connectivity index (χ1) is 10.9. The first kappa shape index (κ1) is 18.1. The molecule has 0 aliphatic carbocycles. The van der Waals surface area contributed by atoms with Crippen LogP contribution < -0.4 is 4.72 Å². The normalized spacial score (nSPS) is 12.9. The van der Waals surface area contributed by atoms with Crippen molar-refractivity contribution in [2.24, 2.45) is 0 Å². The number of anilines is 1. The van der Waals surface area contributed by atoms with Gasteiger partial charge in [-0.25, -0.2) is 8.42 Å². The number of hydrogen-bond acceptors (Lipinski definition) is 2. The number of rotatable bonds is 3. The molecule has 10 heteroatoms. The highest BCUT2D eigenvalue weighted by Crippen LogP contribution is 2.32. The third kappa shape index (κ3) is 4.19. The lowest BCUT2D eigenvalue weighted by atomic mass is 10.2. The Hall–Kier alpha value is -2.23. The van der Waals surface area contributed by atoms with Gasteiger partial charge in [0.05, 0.1) is 16.0 Å². The van der Waals surface area contributed by atoms with Crippen LogP contribution in [-0.4, -0.2) is 8.42 Å². The smallest absolute Gasteiger partial charge is 0.280 e. The third-order valence-electron chi connectivity index (χ3n) is 2.93. The van der Waals surface area contributed by atoms with E-state index in [0.29, 0.717) is 18.2 Å². The quantitative estimate of drug-likeness (QED) is 0.809. The highest BCUT2D eigenvalue weighted by Gasteiger charge is 2.32. The van der Waals surface area contributed by atoms with Crippen LogP contribution in [0.15, 0.2) is 53.4 Å². The minimum Gasteiger partial charge on any atom is -0.280 e. The summed E-state index contributed by atoms with van der Waals surface area (Å²) >= 11 is 0. The van der Waals surface area contributed by atoms with Gasteiger partial charge in [-0.05, 0) is 42.5 Å². The molecule has 0 aliphatic heterocycles. The second-order valence-corrected chi connectivity index (χ2v) is 6.39. The molecule has 0 radical (unpaired) electrons. The Balaban J connectivity index is 2.29. The van der Waals surface area contributed by atoms with Gasteiger partial charge in [-0.15, -0.1) is 0 Å². The highest BCUT2D eigenvalue weighted by molar-refractivity contribution is 7.92. The molecular formula is C14H9F6NO2S. The molecule has 0 unspecified atom stereocenters. The number of halogens is 6. The molecule has 0 heterocycles. The van der Waals surface area contributed by atoms with E-state index in [-0.39, 0.29) is 5.69 Å². The van der Waals surface area contributed by atoms with Crippen molar-refractivity contribution in [3.63, 3.8) is 0 Å². The second kappa shape index (κ2) is 6.00. The lowest BCUT2D eigenvalue weighted by Crippen LogP contribution is -2.14. The number of nitrogens with one attached hydrogen (secondary N) is 1. The van der Waals surface area contributed by atoms with Gasteiger partial charge in [0.15, 0.2) is 0 Å². The fourth-order valence-corrected chi connectivity index (χ4v) is 2.85. The number of sulfonamides is 1. The molecule has 1 N–H and O–H groups in total. The van der Waals surface area contributed by atoms with E-state index < -0.39 is 38.4 Å². The Bertz CT molecular complexity index is 826. The van der Waals surface area contributed by atoms with Crippen LogP contribution in [-0.2, 0) is 22.4 Å².